The highest BCUT2D eigenvalue weighted by Crippen LogP contribution is 2.12. The average molecular weight is 260 g/mol. The molecule has 0 unspecified atom stereocenters. The number of aryl methyl sites for hydroxylation is 1. The lowest BCUT2D eigenvalue weighted by atomic mass is 10.2. The predicted molar refractivity (Wildman–Crippen MR) is 71.7 cm³/mol. The molecule has 0 bridgehead atoms. The van der Waals surface area contributed by atoms with Crippen LogP contribution in [-0.2, 0) is 18.4 Å². The van der Waals surface area contributed by atoms with Crippen LogP contribution in [0.2, 0.25) is 0 Å². The summed E-state index contributed by atoms with van der Waals surface area (Å²) in [6, 6.07) is 7.32. The van der Waals surface area contributed by atoms with Crippen molar-refractivity contribution in [3.05, 3.63) is 42.2 Å². The largest absolute Gasteiger partial charge is 0.484 e. The first-order chi connectivity index (χ1) is 9.17. The van der Waals surface area contributed by atoms with Crippen molar-refractivity contribution in [1.29, 1.82) is 0 Å². The first kappa shape index (κ1) is 13.1. The summed E-state index contributed by atoms with van der Waals surface area (Å²) >= 11 is 0. The molecule has 0 radical (unpaired) electrons. The maximum absolute atomic E-state index is 11.6. The zero-order valence-corrected chi connectivity index (χ0v) is 10.7. The van der Waals surface area contributed by atoms with Crippen molar-refractivity contribution in [3.8, 4) is 5.75 Å². The number of hydrogen-bond donors (Lipinski definition) is 2. The van der Waals surface area contributed by atoms with Crippen LogP contribution in [0.4, 0.5) is 5.69 Å². The van der Waals surface area contributed by atoms with Gasteiger partial charge in [0.2, 0.25) is 0 Å². The predicted octanol–water partition coefficient (Wildman–Crippen LogP) is 0.896. The molecule has 0 aliphatic rings. The number of nitrogens with two attached hydrogens (primary N) is 1. The van der Waals surface area contributed by atoms with Gasteiger partial charge in [-0.1, -0.05) is 12.1 Å². The molecule has 2 rings (SSSR count). The van der Waals surface area contributed by atoms with E-state index in [0.717, 1.165) is 5.56 Å². The topological polar surface area (TPSA) is 82.2 Å². The number of anilines is 1. The molecule has 1 aromatic carbocycles. The number of ether oxygens (including phenoxy) is 1. The third-order valence-corrected chi connectivity index (χ3v) is 2.52. The van der Waals surface area contributed by atoms with Crippen molar-refractivity contribution >= 4 is 11.6 Å². The van der Waals surface area contributed by atoms with Gasteiger partial charge >= 0.3 is 0 Å². The minimum Gasteiger partial charge on any atom is -0.484 e. The number of benzene rings is 1. The second-order valence-electron chi connectivity index (χ2n) is 4.09. The molecule has 0 aliphatic heterocycles. The lowest BCUT2D eigenvalue weighted by Gasteiger charge is -2.06. The van der Waals surface area contributed by atoms with Crippen molar-refractivity contribution < 1.29 is 9.53 Å². The zero-order chi connectivity index (χ0) is 13.7. The van der Waals surface area contributed by atoms with E-state index in [4.69, 9.17) is 10.5 Å². The Hall–Kier alpha value is -2.34. The lowest BCUT2D eigenvalue weighted by molar-refractivity contribution is -0.118. The second kappa shape index (κ2) is 6.01. The minimum absolute atomic E-state index is 0.0448. The summed E-state index contributed by atoms with van der Waals surface area (Å²) in [5.74, 6) is 0.412. The van der Waals surface area contributed by atoms with Gasteiger partial charge in [-0.25, -0.2) is 0 Å². The Morgan fingerprint density at radius 2 is 2.16 bits per heavy atom. The average Bonchev–Trinajstić information content (AvgIpc) is 2.82. The normalized spacial score (nSPS) is 10.2. The van der Waals surface area contributed by atoms with Crippen LogP contribution in [0.25, 0.3) is 0 Å². The molecule has 19 heavy (non-hydrogen) atoms. The van der Waals surface area contributed by atoms with Crippen LogP contribution >= 0.6 is 0 Å². The maximum atomic E-state index is 11.6. The van der Waals surface area contributed by atoms with Crippen molar-refractivity contribution in [1.82, 2.24) is 9.78 Å². The summed E-state index contributed by atoms with van der Waals surface area (Å²) in [5, 5.41) is 6.64. The summed E-state index contributed by atoms with van der Waals surface area (Å²) in [4.78, 5) is 11.6. The van der Waals surface area contributed by atoms with Gasteiger partial charge in [0.1, 0.15) is 5.75 Å². The van der Waals surface area contributed by atoms with Crippen molar-refractivity contribution in [2.24, 2.45) is 12.8 Å². The fourth-order valence-electron chi connectivity index (χ4n) is 1.55. The molecule has 100 valence electrons. The Bertz CT molecular complexity index is 548. The number of nitrogens with one attached hydrogen (secondary N) is 1. The van der Waals surface area contributed by atoms with E-state index in [-0.39, 0.29) is 12.5 Å². The molecule has 0 spiro atoms. The number of nitrogens with zero attached hydrogens (tertiary/aromatic N) is 2. The number of rotatable bonds is 5. The van der Waals surface area contributed by atoms with Gasteiger partial charge in [0, 0.05) is 19.8 Å². The van der Waals surface area contributed by atoms with Crippen molar-refractivity contribution in [2.75, 3.05) is 11.9 Å². The Morgan fingerprint density at radius 1 is 1.42 bits per heavy atom. The van der Waals surface area contributed by atoms with E-state index in [1.165, 1.54) is 0 Å². The number of carbonyl (C=O) groups excluding carboxylic acids is 1. The van der Waals surface area contributed by atoms with Gasteiger partial charge in [-0.3, -0.25) is 9.48 Å². The summed E-state index contributed by atoms with van der Waals surface area (Å²) in [5.41, 5.74) is 7.17. The molecule has 6 heteroatoms. The molecule has 1 amide bonds. The van der Waals surface area contributed by atoms with Crippen LogP contribution < -0.4 is 15.8 Å². The van der Waals surface area contributed by atoms with Gasteiger partial charge in [-0.15, -0.1) is 0 Å². The van der Waals surface area contributed by atoms with E-state index in [0.29, 0.717) is 18.0 Å². The van der Waals surface area contributed by atoms with Gasteiger partial charge in [0.15, 0.2) is 6.61 Å². The monoisotopic (exact) mass is 260 g/mol. The minimum atomic E-state index is -0.226. The third-order valence-electron chi connectivity index (χ3n) is 2.52. The molecule has 0 fully saturated rings. The molecule has 0 saturated heterocycles. The van der Waals surface area contributed by atoms with E-state index >= 15 is 0 Å². The van der Waals surface area contributed by atoms with E-state index in [2.05, 4.69) is 10.4 Å². The van der Waals surface area contributed by atoms with E-state index < -0.39 is 0 Å². The number of carbonyl (C=O) groups is 1. The highest BCUT2D eigenvalue weighted by molar-refractivity contribution is 5.91. The summed E-state index contributed by atoms with van der Waals surface area (Å²) in [6.45, 7) is 0.443. The molecule has 0 saturated carbocycles. The van der Waals surface area contributed by atoms with Crippen LogP contribution in [0.3, 0.4) is 0 Å². The Kier molecular flexibility index (Phi) is 4.15. The summed E-state index contributed by atoms with van der Waals surface area (Å²) in [7, 11) is 1.78. The first-order valence-corrected chi connectivity index (χ1v) is 5.87. The molecular formula is C13H16N4O2. The van der Waals surface area contributed by atoms with Crippen LogP contribution in [0, 0.1) is 0 Å². The van der Waals surface area contributed by atoms with Crippen LogP contribution in [-0.4, -0.2) is 22.3 Å². The Balaban J connectivity index is 1.82. The summed E-state index contributed by atoms with van der Waals surface area (Å²) < 4.78 is 6.98. The van der Waals surface area contributed by atoms with Crippen molar-refractivity contribution in [2.45, 2.75) is 6.54 Å². The third kappa shape index (κ3) is 3.82. The highest BCUT2D eigenvalue weighted by Gasteiger charge is 2.05. The molecule has 3 N–H and O–H groups in total. The molecule has 1 heterocycles. The van der Waals surface area contributed by atoms with Crippen LogP contribution in [0.1, 0.15) is 5.56 Å². The molecule has 2 aromatic rings. The Labute approximate surface area is 111 Å². The zero-order valence-electron chi connectivity index (χ0n) is 10.7. The van der Waals surface area contributed by atoms with Crippen LogP contribution in [0.5, 0.6) is 5.75 Å². The lowest BCUT2D eigenvalue weighted by Crippen LogP contribution is -2.19. The molecule has 0 aliphatic carbocycles. The fraction of sp³-hybridized carbons (Fsp3) is 0.231. The maximum Gasteiger partial charge on any atom is 0.262 e. The number of hydrogen-bond acceptors (Lipinski definition) is 4. The Morgan fingerprint density at radius 3 is 2.74 bits per heavy atom. The fourth-order valence-corrected chi connectivity index (χ4v) is 1.55. The molecular weight excluding hydrogens is 244 g/mol. The molecule has 0 atom stereocenters. The summed E-state index contributed by atoms with van der Waals surface area (Å²) in [6.07, 6.45) is 3.29. The number of amides is 1. The second-order valence-corrected chi connectivity index (χ2v) is 4.09. The standard InChI is InChI=1S/C13H16N4O2/c1-17-8-11(7-15-17)16-13(18)9-19-12-4-2-10(6-14)3-5-12/h2-5,7-8H,6,9,14H2,1H3,(H,16,18). The van der Waals surface area contributed by atoms with Gasteiger partial charge in [-0.2, -0.15) is 5.10 Å². The van der Waals surface area contributed by atoms with Gasteiger partial charge in [0.25, 0.3) is 5.91 Å². The molecule has 6 nitrogen and oxygen atoms in total. The quantitative estimate of drug-likeness (QED) is 0.836. The highest BCUT2D eigenvalue weighted by atomic mass is 16.5. The van der Waals surface area contributed by atoms with E-state index in [1.807, 2.05) is 12.1 Å². The number of aromatic nitrogens is 2. The van der Waals surface area contributed by atoms with Crippen LogP contribution in [0.15, 0.2) is 36.7 Å². The smallest absolute Gasteiger partial charge is 0.262 e. The first-order valence-electron chi connectivity index (χ1n) is 5.87. The van der Waals surface area contributed by atoms with E-state index in [1.54, 1.807) is 36.3 Å². The van der Waals surface area contributed by atoms with Gasteiger partial charge < -0.3 is 15.8 Å². The van der Waals surface area contributed by atoms with Gasteiger partial charge in [0.05, 0.1) is 11.9 Å². The van der Waals surface area contributed by atoms with Crippen molar-refractivity contribution in [3.63, 3.8) is 0 Å². The SMILES string of the molecule is Cn1cc(NC(=O)COc2ccc(CN)cc2)cn1. The van der Waals surface area contributed by atoms with Gasteiger partial charge in [-0.05, 0) is 17.7 Å². The van der Waals surface area contributed by atoms with E-state index in [9.17, 15) is 4.79 Å². The molecule has 1 aromatic heterocycles.